The van der Waals surface area contributed by atoms with Gasteiger partial charge in [0, 0.05) is 9.58 Å². The van der Waals surface area contributed by atoms with Gasteiger partial charge in [-0.3, -0.25) is 0 Å². The van der Waals surface area contributed by atoms with Crippen LogP contribution in [0.3, 0.4) is 0 Å². The summed E-state index contributed by atoms with van der Waals surface area (Å²) in [4.78, 5) is 1.42. The van der Waals surface area contributed by atoms with E-state index in [0.717, 1.165) is 12.3 Å². The van der Waals surface area contributed by atoms with Crippen LogP contribution in [0.4, 0.5) is 0 Å². The van der Waals surface area contributed by atoms with Crippen molar-refractivity contribution >= 4 is 33.0 Å². The molecule has 1 heterocycles. The van der Waals surface area contributed by atoms with Crippen molar-refractivity contribution in [2.24, 2.45) is 5.92 Å². The van der Waals surface area contributed by atoms with Crippen LogP contribution in [0.15, 0.2) is 24.3 Å². The molecule has 3 rings (SSSR count). The Balaban J connectivity index is 2.19. The number of aryl methyl sites for hydroxylation is 1. The summed E-state index contributed by atoms with van der Waals surface area (Å²) in [5, 5.41) is 1.66. The molecule has 0 bridgehead atoms. The Kier molecular flexibility index (Phi) is 2.68. The van der Waals surface area contributed by atoms with Crippen LogP contribution >= 0.6 is 22.9 Å². The highest BCUT2D eigenvalue weighted by molar-refractivity contribution is 7.19. The SMILES string of the molecule is CC1CCc2c(sc3ccccc23)C(Cl)C1. The summed E-state index contributed by atoms with van der Waals surface area (Å²) in [6, 6.07) is 8.70. The van der Waals surface area contributed by atoms with Crippen molar-refractivity contribution in [3.63, 3.8) is 0 Å². The molecule has 2 unspecified atom stereocenters. The summed E-state index contributed by atoms with van der Waals surface area (Å²) < 4.78 is 1.40. The molecule has 2 heteroatoms. The molecule has 0 aliphatic heterocycles. The Morgan fingerprint density at radius 1 is 1.31 bits per heavy atom. The van der Waals surface area contributed by atoms with Crippen LogP contribution in [-0.2, 0) is 6.42 Å². The monoisotopic (exact) mass is 250 g/mol. The minimum absolute atomic E-state index is 0.227. The van der Waals surface area contributed by atoms with E-state index in [-0.39, 0.29) is 5.38 Å². The van der Waals surface area contributed by atoms with Crippen molar-refractivity contribution in [2.45, 2.75) is 31.6 Å². The quantitative estimate of drug-likeness (QED) is 0.448. The molecule has 0 nitrogen and oxygen atoms in total. The second-order valence-corrected chi connectivity index (χ2v) is 6.40. The van der Waals surface area contributed by atoms with E-state index in [2.05, 4.69) is 31.2 Å². The molecule has 0 N–H and O–H groups in total. The van der Waals surface area contributed by atoms with Crippen molar-refractivity contribution < 1.29 is 0 Å². The van der Waals surface area contributed by atoms with Gasteiger partial charge in [0.05, 0.1) is 5.38 Å². The number of rotatable bonds is 0. The smallest absolute Gasteiger partial charge is 0.0684 e. The Hall–Kier alpha value is -0.530. The van der Waals surface area contributed by atoms with Gasteiger partial charge in [-0.1, -0.05) is 25.1 Å². The number of benzene rings is 1. The molecule has 0 spiro atoms. The van der Waals surface area contributed by atoms with Crippen LogP contribution in [0, 0.1) is 5.92 Å². The lowest BCUT2D eigenvalue weighted by Gasteiger charge is -2.09. The standard InChI is InChI=1S/C14H15ClS/c1-9-6-7-11-10-4-2-3-5-13(10)16-14(11)12(15)8-9/h2-5,9,12H,6-8H2,1H3. The molecule has 1 aliphatic rings. The first-order valence-corrected chi connectivity index (χ1v) is 7.15. The Morgan fingerprint density at radius 3 is 3.00 bits per heavy atom. The number of alkyl halides is 1. The molecule has 2 atom stereocenters. The molecule has 0 fully saturated rings. The Labute approximate surface area is 105 Å². The zero-order valence-electron chi connectivity index (χ0n) is 9.37. The molecule has 1 aromatic heterocycles. The predicted octanol–water partition coefficient (Wildman–Crippen LogP) is 5.15. The number of thiophene rings is 1. The van der Waals surface area contributed by atoms with Crippen molar-refractivity contribution in [1.29, 1.82) is 0 Å². The van der Waals surface area contributed by atoms with Gasteiger partial charge in [-0.05, 0) is 42.2 Å². The fourth-order valence-corrected chi connectivity index (χ4v) is 4.41. The zero-order valence-corrected chi connectivity index (χ0v) is 10.9. The maximum absolute atomic E-state index is 6.53. The molecule has 84 valence electrons. The predicted molar refractivity (Wildman–Crippen MR) is 72.5 cm³/mol. The molecule has 1 aromatic carbocycles. The van der Waals surface area contributed by atoms with E-state index in [1.807, 2.05) is 11.3 Å². The molecule has 0 amide bonds. The summed E-state index contributed by atoms with van der Waals surface area (Å²) in [6.45, 7) is 2.31. The van der Waals surface area contributed by atoms with Crippen molar-refractivity contribution in [3.05, 3.63) is 34.7 Å². The molecular weight excluding hydrogens is 236 g/mol. The number of hydrogen-bond acceptors (Lipinski definition) is 1. The number of hydrogen-bond donors (Lipinski definition) is 0. The molecule has 0 radical (unpaired) electrons. The third-order valence-corrected chi connectivity index (χ3v) is 5.36. The van der Waals surface area contributed by atoms with E-state index in [1.54, 1.807) is 0 Å². The van der Waals surface area contributed by atoms with E-state index in [4.69, 9.17) is 11.6 Å². The lowest BCUT2D eigenvalue weighted by molar-refractivity contribution is 0.504. The highest BCUT2D eigenvalue weighted by Crippen LogP contribution is 2.44. The van der Waals surface area contributed by atoms with Crippen molar-refractivity contribution in [3.8, 4) is 0 Å². The van der Waals surface area contributed by atoms with E-state index in [1.165, 1.54) is 33.4 Å². The highest BCUT2D eigenvalue weighted by atomic mass is 35.5. The molecule has 0 saturated carbocycles. The maximum Gasteiger partial charge on any atom is 0.0684 e. The largest absolute Gasteiger partial charge is 0.138 e. The van der Waals surface area contributed by atoms with Gasteiger partial charge < -0.3 is 0 Å². The highest BCUT2D eigenvalue weighted by Gasteiger charge is 2.24. The molecule has 0 saturated heterocycles. The van der Waals surface area contributed by atoms with Gasteiger partial charge in [0.15, 0.2) is 0 Å². The van der Waals surface area contributed by atoms with Gasteiger partial charge in [0.2, 0.25) is 0 Å². The van der Waals surface area contributed by atoms with Gasteiger partial charge in [-0.2, -0.15) is 0 Å². The summed E-state index contributed by atoms with van der Waals surface area (Å²) >= 11 is 8.42. The summed E-state index contributed by atoms with van der Waals surface area (Å²) in [5.41, 5.74) is 1.52. The van der Waals surface area contributed by atoms with E-state index >= 15 is 0 Å². The fraction of sp³-hybridized carbons (Fsp3) is 0.429. The summed E-state index contributed by atoms with van der Waals surface area (Å²) in [7, 11) is 0. The molecular formula is C14H15ClS. The van der Waals surface area contributed by atoms with E-state index in [9.17, 15) is 0 Å². The average Bonchev–Trinajstić information content (AvgIpc) is 2.58. The number of halogens is 1. The molecule has 1 aliphatic carbocycles. The van der Waals surface area contributed by atoms with Crippen LogP contribution in [0.2, 0.25) is 0 Å². The van der Waals surface area contributed by atoms with Gasteiger partial charge in [0.25, 0.3) is 0 Å². The summed E-state index contributed by atoms with van der Waals surface area (Å²) in [5.74, 6) is 0.751. The van der Waals surface area contributed by atoms with Gasteiger partial charge in [-0.25, -0.2) is 0 Å². The topological polar surface area (TPSA) is 0 Å². The van der Waals surface area contributed by atoms with Gasteiger partial charge >= 0.3 is 0 Å². The molecule has 2 aromatic rings. The fourth-order valence-electron chi connectivity index (χ4n) is 2.60. The zero-order chi connectivity index (χ0) is 11.1. The van der Waals surface area contributed by atoms with Crippen molar-refractivity contribution in [1.82, 2.24) is 0 Å². The first-order valence-electron chi connectivity index (χ1n) is 5.90. The van der Waals surface area contributed by atoms with Crippen LogP contribution in [-0.4, -0.2) is 0 Å². The first kappa shape index (κ1) is 10.6. The van der Waals surface area contributed by atoms with Crippen LogP contribution < -0.4 is 0 Å². The third kappa shape index (κ3) is 1.66. The molecule has 16 heavy (non-hydrogen) atoms. The summed E-state index contributed by atoms with van der Waals surface area (Å²) in [6.07, 6.45) is 3.60. The first-order chi connectivity index (χ1) is 7.75. The lowest BCUT2D eigenvalue weighted by Crippen LogP contribution is -1.95. The number of fused-ring (bicyclic) bond motifs is 3. The minimum atomic E-state index is 0.227. The van der Waals surface area contributed by atoms with E-state index in [0.29, 0.717) is 0 Å². The lowest BCUT2D eigenvalue weighted by atomic mass is 10.0. The average molecular weight is 251 g/mol. The Morgan fingerprint density at radius 2 is 2.12 bits per heavy atom. The van der Waals surface area contributed by atoms with E-state index < -0.39 is 0 Å². The normalized spacial score (nSPS) is 25.4. The maximum atomic E-state index is 6.53. The van der Waals surface area contributed by atoms with Crippen LogP contribution in [0.5, 0.6) is 0 Å². The minimum Gasteiger partial charge on any atom is -0.138 e. The van der Waals surface area contributed by atoms with Crippen molar-refractivity contribution in [2.75, 3.05) is 0 Å². The van der Waals surface area contributed by atoms with Gasteiger partial charge in [-0.15, -0.1) is 22.9 Å². The van der Waals surface area contributed by atoms with Crippen LogP contribution in [0.1, 0.15) is 35.6 Å². The van der Waals surface area contributed by atoms with Crippen LogP contribution in [0.25, 0.3) is 10.1 Å². The third-order valence-electron chi connectivity index (χ3n) is 3.51. The van der Waals surface area contributed by atoms with Gasteiger partial charge in [0.1, 0.15) is 0 Å². The second kappa shape index (κ2) is 4.05. The second-order valence-electron chi connectivity index (χ2n) is 4.79. The Bertz CT molecular complexity index is 514.